The summed E-state index contributed by atoms with van der Waals surface area (Å²) >= 11 is 13.8. The number of likely N-dealkylation sites (tertiary alicyclic amines) is 1. The number of halogens is 2. The third-order valence-electron chi connectivity index (χ3n) is 5.32. The molecule has 1 N–H and O–H groups in total. The molecule has 2 fully saturated rings. The third-order valence-corrected chi connectivity index (χ3v) is 7.32. The van der Waals surface area contributed by atoms with Crippen molar-refractivity contribution in [1.82, 2.24) is 15.1 Å². The van der Waals surface area contributed by atoms with Crippen molar-refractivity contribution in [2.75, 3.05) is 31.9 Å². The number of benzene rings is 1. The molecule has 2 aliphatic heterocycles. The molecule has 1 aromatic rings. The van der Waals surface area contributed by atoms with Crippen molar-refractivity contribution in [3.63, 3.8) is 0 Å². The lowest BCUT2D eigenvalue weighted by molar-refractivity contribution is -0.124. The lowest BCUT2D eigenvalue weighted by atomic mass is 10.1. The fourth-order valence-electron chi connectivity index (χ4n) is 3.79. The Morgan fingerprint density at radius 3 is 2.64 bits per heavy atom. The zero-order valence-corrected chi connectivity index (χ0v) is 18.5. The topological polar surface area (TPSA) is 52.7 Å². The van der Waals surface area contributed by atoms with E-state index in [0.717, 1.165) is 26.1 Å². The van der Waals surface area contributed by atoms with Gasteiger partial charge in [-0.15, -0.1) is 11.8 Å². The highest BCUT2D eigenvalue weighted by molar-refractivity contribution is 8.00. The van der Waals surface area contributed by atoms with Gasteiger partial charge in [-0.3, -0.25) is 9.59 Å². The Balaban J connectivity index is 1.65. The molecular formula is C20H27Cl2N3O2S. The van der Waals surface area contributed by atoms with E-state index in [4.69, 9.17) is 23.2 Å². The number of thioether (sulfide) groups is 1. The largest absolute Gasteiger partial charge is 0.353 e. The molecule has 3 rings (SSSR count). The predicted octanol–water partition coefficient (Wildman–Crippen LogP) is 3.89. The second-order valence-corrected chi connectivity index (χ2v) is 9.30. The summed E-state index contributed by atoms with van der Waals surface area (Å²) in [6.07, 6.45) is 4.54. The zero-order valence-electron chi connectivity index (χ0n) is 16.1. The SMILES string of the molecule is CCC1SCC(C(=O)NCCN2CCCCC2)N1C(=O)c1ccc(Cl)cc1Cl. The van der Waals surface area contributed by atoms with Gasteiger partial charge in [-0.2, -0.15) is 0 Å². The Morgan fingerprint density at radius 2 is 1.96 bits per heavy atom. The fourth-order valence-corrected chi connectivity index (χ4v) is 5.64. The van der Waals surface area contributed by atoms with E-state index < -0.39 is 6.04 Å². The number of nitrogens with zero attached hydrogens (tertiary/aromatic N) is 2. The van der Waals surface area contributed by atoms with Gasteiger partial charge < -0.3 is 15.1 Å². The van der Waals surface area contributed by atoms with Gasteiger partial charge in [-0.05, 0) is 50.6 Å². The number of hydrogen-bond donors (Lipinski definition) is 1. The third kappa shape index (κ3) is 5.15. The molecule has 2 unspecified atom stereocenters. The minimum absolute atomic E-state index is 0.0305. The molecular weight excluding hydrogens is 417 g/mol. The van der Waals surface area contributed by atoms with Crippen molar-refractivity contribution in [3.05, 3.63) is 33.8 Å². The van der Waals surface area contributed by atoms with Gasteiger partial charge in [0.1, 0.15) is 6.04 Å². The van der Waals surface area contributed by atoms with Gasteiger partial charge in [0.2, 0.25) is 5.91 Å². The second kappa shape index (κ2) is 10.2. The molecule has 0 aromatic heterocycles. The second-order valence-electron chi connectivity index (χ2n) is 7.24. The maximum Gasteiger partial charge on any atom is 0.256 e. The van der Waals surface area contributed by atoms with Crippen molar-refractivity contribution in [2.45, 2.75) is 44.0 Å². The van der Waals surface area contributed by atoms with Crippen molar-refractivity contribution in [1.29, 1.82) is 0 Å². The fraction of sp³-hybridized carbons (Fsp3) is 0.600. The molecule has 2 heterocycles. The van der Waals surface area contributed by atoms with E-state index in [1.165, 1.54) is 19.3 Å². The highest BCUT2D eigenvalue weighted by atomic mass is 35.5. The summed E-state index contributed by atoms with van der Waals surface area (Å²) < 4.78 is 0. The number of nitrogens with one attached hydrogen (secondary N) is 1. The summed E-state index contributed by atoms with van der Waals surface area (Å²) in [5, 5.41) is 3.80. The summed E-state index contributed by atoms with van der Waals surface area (Å²) in [6, 6.07) is 4.37. The van der Waals surface area contributed by atoms with Crippen LogP contribution in [-0.4, -0.2) is 65.0 Å². The standard InChI is InChI=1S/C20H27Cl2N3O2S/c1-2-18-25(20(27)15-7-6-14(21)12-16(15)22)17(13-28-18)19(26)23-8-11-24-9-4-3-5-10-24/h6-7,12,17-18H,2-5,8-11,13H2,1H3,(H,23,26). The predicted molar refractivity (Wildman–Crippen MR) is 116 cm³/mol. The monoisotopic (exact) mass is 443 g/mol. The maximum absolute atomic E-state index is 13.2. The maximum atomic E-state index is 13.2. The first kappa shape index (κ1) is 21.8. The van der Waals surface area contributed by atoms with Crippen LogP contribution in [0, 0.1) is 0 Å². The Labute approximate surface area is 181 Å². The summed E-state index contributed by atoms with van der Waals surface area (Å²) in [5.74, 6) is 0.305. The molecule has 2 aliphatic rings. The number of carbonyl (C=O) groups excluding carboxylic acids is 2. The quantitative estimate of drug-likeness (QED) is 0.724. The van der Waals surface area contributed by atoms with E-state index in [-0.39, 0.29) is 17.2 Å². The molecule has 0 spiro atoms. The minimum atomic E-state index is -0.476. The molecule has 5 nitrogen and oxygen atoms in total. The van der Waals surface area contributed by atoms with Gasteiger partial charge in [-0.25, -0.2) is 0 Å². The molecule has 28 heavy (non-hydrogen) atoms. The molecule has 154 valence electrons. The van der Waals surface area contributed by atoms with E-state index >= 15 is 0 Å². The summed E-state index contributed by atoms with van der Waals surface area (Å²) in [5.41, 5.74) is 0.387. The number of amides is 2. The Kier molecular flexibility index (Phi) is 7.92. The van der Waals surface area contributed by atoms with Crippen LogP contribution in [0.3, 0.4) is 0 Å². The molecule has 2 amide bonds. The first-order chi connectivity index (χ1) is 13.5. The van der Waals surface area contributed by atoms with Crippen molar-refractivity contribution < 1.29 is 9.59 Å². The summed E-state index contributed by atoms with van der Waals surface area (Å²) in [7, 11) is 0. The number of rotatable bonds is 6. The Bertz CT molecular complexity index is 713. The highest BCUT2D eigenvalue weighted by Crippen LogP contribution is 2.34. The van der Waals surface area contributed by atoms with Crippen molar-refractivity contribution >= 4 is 46.8 Å². The van der Waals surface area contributed by atoms with Crippen molar-refractivity contribution in [3.8, 4) is 0 Å². The highest BCUT2D eigenvalue weighted by Gasteiger charge is 2.41. The molecule has 0 saturated carbocycles. The van der Waals surface area contributed by atoms with Crippen LogP contribution in [0.15, 0.2) is 18.2 Å². The average Bonchev–Trinajstić information content (AvgIpc) is 3.12. The van der Waals surface area contributed by atoms with Crippen LogP contribution in [0.25, 0.3) is 0 Å². The molecule has 0 radical (unpaired) electrons. The molecule has 2 atom stereocenters. The molecule has 1 aromatic carbocycles. The van der Waals surface area contributed by atoms with E-state index in [1.807, 2.05) is 6.92 Å². The van der Waals surface area contributed by atoms with Crippen LogP contribution < -0.4 is 5.32 Å². The Hall–Kier alpha value is -0.950. The van der Waals surface area contributed by atoms with Crippen LogP contribution >= 0.6 is 35.0 Å². The summed E-state index contributed by atoms with van der Waals surface area (Å²) in [4.78, 5) is 30.1. The van der Waals surface area contributed by atoms with E-state index in [0.29, 0.717) is 27.9 Å². The van der Waals surface area contributed by atoms with E-state index in [1.54, 1.807) is 34.9 Å². The van der Waals surface area contributed by atoms with Gasteiger partial charge in [0, 0.05) is 23.9 Å². The van der Waals surface area contributed by atoms with Gasteiger partial charge in [0.05, 0.1) is 16.0 Å². The van der Waals surface area contributed by atoms with E-state index in [9.17, 15) is 9.59 Å². The van der Waals surface area contributed by atoms with Crippen molar-refractivity contribution in [2.24, 2.45) is 0 Å². The van der Waals surface area contributed by atoms with Crippen LogP contribution in [0.1, 0.15) is 43.0 Å². The van der Waals surface area contributed by atoms with E-state index in [2.05, 4.69) is 10.2 Å². The minimum Gasteiger partial charge on any atom is -0.353 e. The smallest absolute Gasteiger partial charge is 0.256 e. The zero-order chi connectivity index (χ0) is 20.1. The van der Waals surface area contributed by atoms with Gasteiger partial charge >= 0.3 is 0 Å². The number of carbonyl (C=O) groups is 2. The average molecular weight is 444 g/mol. The van der Waals surface area contributed by atoms with Gasteiger partial charge in [-0.1, -0.05) is 36.5 Å². The van der Waals surface area contributed by atoms with Crippen LogP contribution in [-0.2, 0) is 4.79 Å². The molecule has 8 heteroatoms. The van der Waals surface area contributed by atoms with Crippen LogP contribution in [0.4, 0.5) is 0 Å². The molecule has 2 saturated heterocycles. The lowest BCUT2D eigenvalue weighted by Crippen LogP contribution is -2.51. The number of hydrogen-bond acceptors (Lipinski definition) is 4. The van der Waals surface area contributed by atoms with Gasteiger partial charge in [0.25, 0.3) is 5.91 Å². The Morgan fingerprint density at radius 1 is 1.21 bits per heavy atom. The molecule has 0 bridgehead atoms. The molecule has 0 aliphatic carbocycles. The van der Waals surface area contributed by atoms with Gasteiger partial charge in [0.15, 0.2) is 0 Å². The van der Waals surface area contributed by atoms with Crippen LogP contribution in [0.2, 0.25) is 10.0 Å². The first-order valence-corrected chi connectivity index (χ1v) is 11.7. The normalized spacial score (nSPS) is 23.0. The van der Waals surface area contributed by atoms with Crippen LogP contribution in [0.5, 0.6) is 0 Å². The first-order valence-electron chi connectivity index (χ1n) is 9.90. The number of piperidine rings is 1. The lowest BCUT2D eigenvalue weighted by Gasteiger charge is -2.29. The summed E-state index contributed by atoms with van der Waals surface area (Å²) in [6.45, 7) is 5.71.